The minimum absolute atomic E-state index is 0.253. The molecule has 21 heavy (non-hydrogen) atoms. The van der Waals surface area contributed by atoms with E-state index in [2.05, 4.69) is 15.0 Å². The monoisotopic (exact) mass is 287 g/mol. The van der Waals surface area contributed by atoms with Crippen molar-refractivity contribution in [1.82, 2.24) is 14.8 Å². The molecular weight excluding hydrogens is 266 g/mol. The average molecular weight is 287 g/mol. The first-order chi connectivity index (χ1) is 10.3. The molecule has 0 amide bonds. The molecule has 2 aromatic rings. The summed E-state index contributed by atoms with van der Waals surface area (Å²) in [5, 5.41) is 4.15. The van der Waals surface area contributed by atoms with E-state index >= 15 is 0 Å². The number of nitrogens with two attached hydrogens (primary N) is 1. The second-order valence-corrected chi connectivity index (χ2v) is 5.34. The molecule has 0 radical (unpaired) electrons. The van der Waals surface area contributed by atoms with Gasteiger partial charge in [-0.2, -0.15) is 5.10 Å². The van der Waals surface area contributed by atoms with Gasteiger partial charge in [0.2, 0.25) is 0 Å². The number of rotatable bonds is 5. The first-order valence-corrected chi connectivity index (χ1v) is 7.37. The van der Waals surface area contributed by atoms with Crippen LogP contribution in [0.25, 0.3) is 0 Å². The van der Waals surface area contributed by atoms with Crippen molar-refractivity contribution in [3.05, 3.63) is 36.9 Å². The molecule has 0 bridgehead atoms. The molecule has 1 atom stereocenters. The molecule has 1 saturated heterocycles. The van der Waals surface area contributed by atoms with Gasteiger partial charge in [-0.1, -0.05) is 0 Å². The van der Waals surface area contributed by atoms with E-state index in [0.717, 1.165) is 43.9 Å². The summed E-state index contributed by atoms with van der Waals surface area (Å²) in [5.74, 6) is 0.791. The molecule has 0 saturated carbocycles. The molecule has 1 aliphatic heterocycles. The van der Waals surface area contributed by atoms with Crippen LogP contribution >= 0.6 is 0 Å². The minimum Gasteiger partial charge on any atom is -0.490 e. The zero-order valence-corrected chi connectivity index (χ0v) is 12.1. The summed E-state index contributed by atoms with van der Waals surface area (Å²) in [6, 6.07) is 4.19. The Balaban J connectivity index is 1.57. The lowest BCUT2D eigenvalue weighted by molar-refractivity contribution is 0.290. The standard InChI is InChI=1S/C15H21N5O/c16-13-3-1-5-19(12-13)14-9-15(11-17-10-14)21-8-7-20-6-2-4-18-20/h2,4,6,9-11,13H,1,3,5,7-8,12,16H2. The molecule has 1 aliphatic rings. The van der Waals surface area contributed by atoms with E-state index in [9.17, 15) is 0 Å². The Labute approximate surface area is 124 Å². The molecule has 2 aromatic heterocycles. The van der Waals surface area contributed by atoms with Gasteiger partial charge in [-0.25, -0.2) is 0 Å². The molecule has 3 rings (SSSR count). The van der Waals surface area contributed by atoms with Crippen molar-refractivity contribution in [2.75, 3.05) is 24.6 Å². The van der Waals surface area contributed by atoms with E-state index in [1.807, 2.05) is 29.2 Å². The average Bonchev–Trinajstić information content (AvgIpc) is 3.01. The topological polar surface area (TPSA) is 69.2 Å². The zero-order chi connectivity index (χ0) is 14.5. The van der Waals surface area contributed by atoms with Crippen molar-refractivity contribution >= 4 is 5.69 Å². The number of pyridine rings is 1. The fourth-order valence-corrected chi connectivity index (χ4v) is 2.59. The Hall–Kier alpha value is -2.08. The molecular formula is C15H21N5O. The fraction of sp³-hybridized carbons (Fsp3) is 0.467. The number of nitrogens with zero attached hydrogens (tertiary/aromatic N) is 4. The van der Waals surface area contributed by atoms with Crippen LogP contribution < -0.4 is 15.4 Å². The third-order valence-electron chi connectivity index (χ3n) is 3.67. The third-order valence-corrected chi connectivity index (χ3v) is 3.67. The van der Waals surface area contributed by atoms with Gasteiger partial charge in [-0.15, -0.1) is 0 Å². The van der Waals surface area contributed by atoms with Crippen LogP contribution in [-0.4, -0.2) is 40.5 Å². The Morgan fingerprint density at radius 1 is 1.38 bits per heavy atom. The van der Waals surface area contributed by atoms with Crippen LogP contribution in [0.5, 0.6) is 5.75 Å². The highest BCUT2D eigenvalue weighted by molar-refractivity contribution is 5.48. The van der Waals surface area contributed by atoms with Crippen LogP contribution in [0.1, 0.15) is 12.8 Å². The summed E-state index contributed by atoms with van der Waals surface area (Å²) in [6.45, 7) is 3.22. The fourth-order valence-electron chi connectivity index (χ4n) is 2.59. The Kier molecular flexibility index (Phi) is 4.35. The predicted molar refractivity (Wildman–Crippen MR) is 81.4 cm³/mol. The number of anilines is 1. The van der Waals surface area contributed by atoms with Crippen LogP contribution in [-0.2, 0) is 6.54 Å². The van der Waals surface area contributed by atoms with Gasteiger partial charge < -0.3 is 15.4 Å². The predicted octanol–water partition coefficient (Wildman–Crippen LogP) is 1.28. The summed E-state index contributed by atoms with van der Waals surface area (Å²) < 4.78 is 7.60. The highest BCUT2D eigenvalue weighted by atomic mass is 16.5. The molecule has 1 unspecified atom stereocenters. The summed E-state index contributed by atoms with van der Waals surface area (Å²) in [5.41, 5.74) is 7.12. The molecule has 112 valence electrons. The van der Waals surface area contributed by atoms with Crippen molar-refractivity contribution in [3.8, 4) is 5.75 Å². The summed E-state index contributed by atoms with van der Waals surface area (Å²) in [4.78, 5) is 6.55. The maximum atomic E-state index is 6.03. The quantitative estimate of drug-likeness (QED) is 0.897. The van der Waals surface area contributed by atoms with Crippen molar-refractivity contribution < 1.29 is 4.74 Å². The van der Waals surface area contributed by atoms with Gasteiger partial charge in [0.15, 0.2) is 0 Å². The molecule has 0 aliphatic carbocycles. The van der Waals surface area contributed by atoms with Crippen LogP contribution in [0.3, 0.4) is 0 Å². The van der Waals surface area contributed by atoms with Crippen molar-refractivity contribution in [2.24, 2.45) is 5.73 Å². The van der Waals surface area contributed by atoms with E-state index in [-0.39, 0.29) is 6.04 Å². The van der Waals surface area contributed by atoms with Gasteiger partial charge in [0.1, 0.15) is 12.4 Å². The van der Waals surface area contributed by atoms with Gasteiger partial charge >= 0.3 is 0 Å². The maximum Gasteiger partial charge on any atom is 0.139 e. The second-order valence-electron chi connectivity index (χ2n) is 5.34. The Morgan fingerprint density at radius 2 is 2.33 bits per heavy atom. The lowest BCUT2D eigenvalue weighted by Crippen LogP contribution is -2.42. The maximum absolute atomic E-state index is 6.03. The zero-order valence-electron chi connectivity index (χ0n) is 12.1. The van der Waals surface area contributed by atoms with Gasteiger partial charge in [-0.3, -0.25) is 9.67 Å². The highest BCUT2D eigenvalue weighted by Crippen LogP contribution is 2.22. The number of piperidine rings is 1. The van der Waals surface area contributed by atoms with Crippen molar-refractivity contribution in [2.45, 2.75) is 25.4 Å². The second kappa shape index (κ2) is 6.58. The molecule has 1 fully saturated rings. The molecule has 0 aromatic carbocycles. The van der Waals surface area contributed by atoms with E-state index in [1.54, 1.807) is 12.4 Å². The smallest absolute Gasteiger partial charge is 0.139 e. The number of aromatic nitrogens is 3. The van der Waals surface area contributed by atoms with Crippen LogP contribution in [0.2, 0.25) is 0 Å². The van der Waals surface area contributed by atoms with Crippen LogP contribution in [0.15, 0.2) is 36.9 Å². The summed E-state index contributed by atoms with van der Waals surface area (Å²) in [7, 11) is 0. The van der Waals surface area contributed by atoms with E-state index in [4.69, 9.17) is 10.5 Å². The number of hydrogen-bond donors (Lipinski definition) is 1. The Morgan fingerprint density at radius 3 is 3.14 bits per heavy atom. The highest BCUT2D eigenvalue weighted by Gasteiger charge is 2.17. The molecule has 6 heteroatoms. The van der Waals surface area contributed by atoms with Crippen molar-refractivity contribution in [3.63, 3.8) is 0 Å². The van der Waals surface area contributed by atoms with Crippen LogP contribution in [0.4, 0.5) is 5.69 Å². The Bertz CT molecular complexity index is 557. The van der Waals surface area contributed by atoms with E-state index < -0.39 is 0 Å². The SMILES string of the molecule is NC1CCCN(c2cncc(OCCn3cccn3)c2)C1. The molecule has 6 nitrogen and oxygen atoms in total. The van der Waals surface area contributed by atoms with Crippen LogP contribution in [0, 0.1) is 0 Å². The molecule has 2 N–H and O–H groups in total. The van der Waals surface area contributed by atoms with Gasteiger partial charge in [0, 0.05) is 37.6 Å². The molecule has 0 spiro atoms. The first-order valence-electron chi connectivity index (χ1n) is 7.37. The largest absolute Gasteiger partial charge is 0.490 e. The number of ether oxygens (including phenoxy) is 1. The van der Waals surface area contributed by atoms with Gasteiger partial charge in [-0.05, 0) is 18.9 Å². The third kappa shape index (κ3) is 3.72. The summed E-state index contributed by atoms with van der Waals surface area (Å²) in [6.07, 6.45) is 9.54. The normalized spacial score (nSPS) is 18.7. The lowest BCUT2D eigenvalue weighted by atomic mass is 10.1. The lowest BCUT2D eigenvalue weighted by Gasteiger charge is -2.32. The molecule has 3 heterocycles. The minimum atomic E-state index is 0.253. The van der Waals surface area contributed by atoms with E-state index in [0.29, 0.717) is 6.61 Å². The summed E-state index contributed by atoms with van der Waals surface area (Å²) >= 11 is 0. The van der Waals surface area contributed by atoms with Crippen molar-refractivity contribution in [1.29, 1.82) is 0 Å². The van der Waals surface area contributed by atoms with Gasteiger partial charge in [0.05, 0.1) is 24.6 Å². The van der Waals surface area contributed by atoms with E-state index in [1.165, 1.54) is 0 Å². The number of hydrogen-bond acceptors (Lipinski definition) is 5. The van der Waals surface area contributed by atoms with Gasteiger partial charge in [0.25, 0.3) is 0 Å². The first kappa shape index (κ1) is 13.9.